The molecule has 0 aromatic heterocycles. The molecule has 0 saturated heterocycles. The normalized spacial score (nSPS) is 9.52. The van der Waals surface area contributed by atoms with Gasteiger partial charge < -0.3 is 21.0 Å². The van der Waals surface area contributed by atoms with Crippen molar-refractivity contribution < 1.29 is 88.2 Å². The van der Waals surface area contributed by atoms with Crippen LogP contribution in [-0.4, -0.2) is 30.5 Å². The van der Waals surface area contributed by atoms with Crippen molar-refractivity contribution >= 4 is 23.9 Å². The topological polar surface area (TPSA) is 146 Å². The number of nitrogens with one attached hydrogen (secondary N) is 1. The van der Waals surface area contributed by atoms with Gasteiger partial charge in [0.1, 0.15) is 0 Å². The molecule has 0 unspecified atom stereocenters. The Morgan fingerprint density at radius 3 is 2.00 bits per heavy atom. The standard InChI is InChI=1S/C16H19N2O4.CO2.2Na/c1-10(2)7-13(16(21)22)8-11-3-5-12(6-4-11)15(20)18-9-14(17)19;2-1-3;;/h3-6,10H,8-9H2,1-2H3,(H2,17,19)(H,18,20)(H,21,22);;;/q-1;;2*+1/p-1. The van der Waals surface area contributed by atoms with E-state index >= 15 is 0 Å². The summed E-state index contributed by atoms with van der Waals surface area (Å²) in [7, 11) is 0. The molecule has 0 aliphatic rings. The molecular weight excluding hydrogens is 374 g/mol. The number of carbonyl (C=O) groups is 3. The van der Waals surface area contributed by atoms with E-state index in [0.29, 0.717) is 5.56 Å². The molecule has 1 rings (SSSR count). The molecule has 2 amide bonds. The van der Waals surface area contributed by atoms with Crippen LogP contribution in [0.2, 0.25) is 0 Å². The van der Waals surface area contributed by atoms with Gasteiger partial charge in [-0.2, -0.15) is 15.2 Å². The van der Waals surface area contributed by atoms with Crippen LogP contribution in [-0.2, 0) is 25.6 Å². The Kier molecular flexibility index (Phi) is 19.1. The number of benzene rings is 1. The summed E-state index contributed by atoms with van der Waals surface area (Å²) >= 11 is 0. The Hall–Kier alpha value is -1.25. The fourth-order valence-corrected chi connectivity index (χ4v) is 1.78. The summed E-state index contributed by atoms with van der Waals surface area (Å²) in [6.07, 6.45) is 3.24. The molecule has 134 valence electrons. The van der Waals surface area contributed by atoms with Gasteiger partial charge in [0.05, 0.1) is 6.54 Å². The minimum absolute atomic E-state index is 0. The van der Waals surface area contributed by atoms with Crippen LogP contribution in [0.25, 0.3) is 0 Å². The summed E-state index contributed by atoms with van der Waals surface area (Å²) in [6, 6.07) is 6.39. The maximum absolute atomic E-state index is 11.7. The Bertz CT molecular complexity index is 681. The zero-order valence-electron chi connectivity index (χ0n) is 15.8. The van der Waals surface area contributed by atoms with Crippen LogP contribution < -0.4 is 75.3 Å². The quantitative estimate of drug-likeness (QED) is 0.268. The number of carbonyl (C=O) groups excluding carboxylic acids is 5. The second-order valence-corrected chi connectivity index (χ2v) is 5.17. The molecule has 3 N–H and O–H groups in total. The fourth-order valence-electron chi connectivity index (χ4n) is 1.78. The Balaban J connectivity index is -0.00000108. The van der Waals surface area contributed by atoms with E-state index in [1.54, 1.807) is 24.3 Å². The number of carboxylic acids is 1. The second-order valence-electron chi connectivity index (χ2n) is 5.17. The Morgan fingerprint density at radius 1 is 1.15 bits per heavy atom. The van der Waals surface area contributed by atoms with Gasteiger partial charge in [0.25, 0.3) is 5.91 Å². The number of carboxylic acid groups (broad SMARTS) is 1. The maximum atomic E-state index is 11.7. The van der Waals surface area contributed by atoms with E-state index in [-0.39, 0.29) is 89.7 Å². The van der Waals surface area contributed by atoms with Gasteiger partial charge in [0, 0.05) is 5.56 Å². The average molecular weight is 392 g/mol. The minimum Gasteiger partial charge on any atom is -0.658 e. The molecule has 0 aliphatic carbocycles. The van der Waals surface area contributed by atoms with Crippen LogP contribution >= 0.6 is 0 Å². The van der Waals surface area contributed by atoms with Gasteiger partial charge in [0.2, 0.25) is 5.91 Å². The second kappa shape index (κ2) is 16.9. The number of aliphatic carboxylic acids is 1. The number of allylic oxidation sites excluding steroid dienone is 1. The summed E-state index contributed by atoms with van der Waals surface area (Å²) in [5.74, 6) is -2.32. The molecule has 0 saturated carbocycles. The van der Waals surface area contributed by atoms with Gasteiger partial charge in [-0.1, -0.05) is 26.0 Å². The molecule has 0 radical (unpaired) electrons. The van der Waals surface area contributed by atoms with Crippen molar-refractivity contribution in [3.8, 4) is 0 Å². The van der Waals surface area contributed by atoms with Crippen molar-refractivity contribution in [2.75, 3.05) is 6.54 Å². The van der Waals surface area contributed by atoms with Gasteiger partial charge in [-0.25, -0.2) is 0 Å². The van der Waals surface area contributed by atoms with Crippen LogP contribution in [0.15, 0.2) is 29.8 Å². The van der Waals surface area contributed by atoms with E-state index in [9.17, 15) is 19.5 Å². The molecular formula is C17H18N2Na2O6. The molecule has 10 heteroatoms. The first kappa shape index (κ1) is 30.5. The number of hydrogen-bond donors (Lipinski definition) is 2. The van der Waals surface area contributed by atoms with Crippen molar-refractivity contribution in [1.82, 2.24) is 5.32 Å². The molecule has 0 atom stereocenters. The number of amides is 2. The zero-order chi connectivity index (χ0) is 19.4. The maximum Gasteiger partial charge on any atom is 1.00 e. The van der Waals surface area contributed by atoms with Gasteiger partial charge in [-0.15, -0.1) is 11.9 Å². The number of hydrogen-bond acceptors (Lipinski definition) is 6. The van der Waals surface area contributed by atoms with Gasteiger partial charge in [0.15, 0.2) is 0 Å². The summed E-state index contributed by atoms with van der Waals surface area (Å²) < 4.78 is 0. The first-order valence-corrected chi connectivity index (χ1v) is 7.19. The summed E-state index contributed by atoms with van der Waals surface area (Å²) in [4.78, 5) is 49.6. The molecule has 0 heterocycles. The van der Waals surface area contributed by atoms with Crippen molar-refractivity contribution in [2.24, 2.45) is 11.7 Å². The van der Waals surface area contributed by atoms with Crippen molar-refractivity contribution in [1.29, 1.82) is 0 Å². The van der Waals surface area contributed by atoms with E-state index in [0.717, 1.165) is 5.56 Å². The molecule has 1 aromatic rings. The molecule has 1 aromatic carbocycles. The third kappa shape index (κ3) is 14.5. The summed E-state index contributed by atoms with van der Waals surface area (Å²) in [5.41, 5.74) is 6.10. The van der Waals surface area contributed by atoms with Crippen LogP contribution in [0.3, 0.4) is 0 Å². The smallest absolute Gasteiger partial charge is 0.658 e. The summed E-state index contributed by atoms with van der Waals surface area (Å²) in [6.45, 7) is 3.42. The van der Waals surface area contributed by atoms with Gasteiger partial charge >= 0.3 is 65.3 Å². The molecule has 0 fully saturated rings. The van der Waals surface area contributed by atoms with Crippen LogP contribution in [0.4, 0.5) is 0 Å². The monoisotopic (exact) mass is 392 g/mol. The first-order valence-electron chi connectivity index (χ1n) is 7.19. The van der Waals surface area contributed by atoms with Crippen LogP contribution in [0, 0.1) is 12.0 Å². The van der Waals surface area contributed by atoms with E-state index in [1.165, 1.54) is 0 Å². The number of nitrogens with two attached hydrogens (primary N) is 1. The van der Waals surface area contributed by atoms with Crippen molar-refractivity contribution in [3.63, 3.8) is 0 Å². The fraction of sp³-hybridized carbons (Fsp3) is 0.294. The summed E-state index contributed by atoms with van der Waals surface area (Å²) in [5, 5.41) is 13.4. The van der Waals surface area contributed by atoms with Crippen LogP contribution in [0.5, 0.6) is 0 Å². The van der Waals surface area contributed by atoms with Gasteiger partial charge in [-0.3, -0.25) is 15.7 Å². The Labute approximate surface area is 201 Å². The van der Waals surface area contributed by atoms with Gasteiger partial charge in [-0.05, 0) is 24.1 Å². The average Bonchev–Trinajstić information content (AvgIpc) is 2.53. The first-order chi connectivity index (χ1) is 11.7. The number of rotatable bonds is 7. The van der Waals surface area contributed by atoms with Crippen LogP contribution in [0.1, 0.15) is 29.8 Å². The van der Waals surface area contributed by atoms with Crippen molar-refractivity contribution in [3.05, 3.63) is 47.0 Å². The zero-order valence-corrected chi connectivity index (χ0v) is 19.8. The third-order valence-corrected chi connectivity index (χ3v) is 2.73. The predicted molar refractivity (Wildman–Crippen MR) is 83.3 cm³/mol. The van der Waals surface area contributed by atoms with E-state index in [4.69, 9.17) is 15.3 Å². The van der Waals surface area contributed by atoms with E-state index in [2.05, 4.69) is 11.4 Å². The number of primary amides is 1. The molecule has 0 spiro atoms. The van der Waals surface area contributed by atoms with E-state index < -0.39 is 17.8 Å². The minimum atomic E-state index is -1.25. The SMILES string of the molecule is CC(C)[C-]=C(Cc1ccc(C(=O)NCC(N)=O)cc1)C(=O)[O-].O=C=O.[Na+].[Na+]. The Morgan fingerprint density at radius 2 is 1.63 bits per heavy atom. The van der Waals surface area contributed by atoms with Crippen molar-refractivity contribution in [2.45, 2.75) is 20.3 Å². The molecule has 0 bridgehead atoms. The molecule has 8 nitrogen and oxygen atoms in total. The largest absolute Gasteiger partial charge is 1.00 e. The van der Waals surface area contributed by atoms with E-state index in [1.807, 2.05) is 13.8 Å². The molecule has 27 heavy (non-hydrogen) atoms. The predicted octanol–water partition coefficient (Wildman–Crippen LogP) is -7.00. The third-order valence-electron chi connectivity index (χ3n) is 2.73. The molecule has 0 aliphatic heterocycles.